The van der Waals surface area contributed by atoms with Gasteiger partial charge in [-0.05, 0) is 60.7 Å². The highest BCUT2D eigenvalue weighted by Gasteiger charge is 2.31. The lowest BCUT2D eigenvalue weighted by Gasteiger charge is -2.34. The van der Waals surface area contributed by atoms with Gasteiger partial charge < -0.3 is 9.80 Å². The van der Waals surface area contributed by atoms with Gasteiger partial charge in [0.2, 0.25) is 0 Å². The summed E-state index contributed by atoms with van der Waals surface area (Å²) in [4.78, 5) is 4.55. The second-order valence-corrected chi connectivity index (χ2v) is 15.6. The Kier molecular flexibility index (Phi) is 7.96. The summed E-state index contributed by atoms with van der Waals surface area (Å²) >= 11 is 7.60. The van der Waals surface area contributed by atoms with Crippen molar-refractivity contribution in [2.45, 2.75) is 13.1 Å². The molecule has 2 nitrogen and oxygen atoms in total. The van der Waals surface area contributed by atoms with Crippen molar-refractivity contribution in [1.82, 2.24) is 0 Å². The molecule has 0 N–H and O–H groups in total. The molecule has 0 saturated heterocycles. The van der Waals surface area contributed by atoms with E-state index >= 15 is 0 Å². The van der Waals surface area contributed by atoms with Crippen LogP contribution >= 0.6 is 11.6 Å². The number of hydrogen-bond donors (Lipinski definition) is 0. The minimum absolute atomic E-state index is 0.692. The minimum Gasteiger partial charge on any atom is -0.309 e. The molecule has 0 fully saturated rings. The molecular weight excluding hydrogens is 548 g/mol. The number of hydrogen-bond acceptors (Lipinski definition) is 2. The molecule has 0 radical (unpaired) electrons. The van der Waals surface area contributed by atoms with Crippen LogP contribution in [0, 0.1) is 0 Å². The Labute approximate surface area is 255 Å². The third-order valence-electron chi connectivity index (χ3n) is 7.79. The summed E-state index contributed by atoms with van der Waals surface area (Å²) in [5.41, 5.74) is 6.13. The van der Waals surface area contributed by atoms with Crippen molar-refractivity contribution < 1.29 is 0 Å². The van der Waals surface area contributed by atoms with Crippen molar-refractivity contribution in [3.8, 4) is 0 Å². The average molecular weight is 581 g/mol. The van der Waals surface area contributed by atoms with E-state index in [4.69, 9.17) is 11.6 Å². The summed E-state index contributed by atoms with van der Waals surface area (Å²) in [5.74, 6) is 0. The summed E-state index contributed by atoms with van der Waals surface area (Å²) in [6.07, 6.45) is 0. The molecule has 0 heterocycles. The van der Waals surface area contributed by atoms with Gasteiger partial charge in [0.15, 0.2) is 0 Å². The molecule has 0 aromatic heterocycles. The molecule has 0 saturated carbocycles. The van der Waals surface area contributed by atoms with Crippen molar-refractivity contribution in [2.75, 3.05) is 9.80 Å². The van der Waals surface area contributed by atoms with Crippen LogP contribution in [0.1, 0.15) is 0 Å². The van der Waals surface area contributed by atoms with Crippen LogP contribution in [0.3, 0.4) is 0 Å². The molecule has 0 unspecified atom stereocenters. The monoisotopic (exact) mass is 580 g/mol. The molecule has 0 bridgehead atoms. The summed E-state index contributed by atoms with van der Waals surface area (Å²) in [6.45, 7) is 4.84. The highest BCUT2D eigenvalue weighted by atomic mass is 35.5. The van der Waals surface area contributed by atoms with E-state index in [1.807, 2.05) is 24.3 Å². The van der Waals surface area contributed by atoms with Gasteiger partial charge in [0, 0.05) is 22.7 Å². The summed E-state index contributed by atoms with van der Waals surface area (Å²) < 4.78 is 0. The van der Waals surface area contributed by atoms with Crippen molar-refractivity contribution in [2.24, 2.45) is 0 Å². The first-order valence-electron chi connectivity index (χ1n) is 14.2. The topological polar surface area (TPSA) is 6.48 Å². The lowest BCUT2D eigenvalue weighted by molar-refractivity contribution is 1.25. The molecule has 6 aromatic carbocycles. The number of rotatable bonds is 8. The predicted octanol–water partition coefficient (Wildman–Crippen LogP) is 10.1. The molecule has 0 atom stereocenters. The van der Waals surface area contributed by atoms with Crippen LogP contribution in [0.2, 0.25) is 18.1 Å². The van der Waals surface area contributed by atoms with Gasteiger partial charge in [-0.25, -0.2) is 0 Å². The van der Waals surface area contributed by atoms with Crippen molar-refractivity contribution >= 4 is 64.2 Å². The molecule has 0 aliphatic carbocycles. The Bertz CT molecular complexity index is 1560. The molecule has 0 aliphatic rings. The second-order valence-electron chi connectivity index (χ2n) is 10.8. The van der Waals surface area contributed by atoms with E-state index in [2.05, 4.69) is 162 Å². The van der Waals surface area contributed by atoms with Crippen LogP contribution < -0.4 is 20.2 Å². The van der Waals surface area contributed by atoms with Gasteiger partial charge in [0.25, 0.3) is 0 Å². The first-order chi connectivity index (χ1) is 20.5. The molecule has 206 valence electrons. The molecular formula is C38H33ClN2Si. The molecule has 0 spiro atoms. The lowest BCUT2D eigenvalue weighted by atomic mass is 10.1. The largest absolute Gasteiger partial charge is 0.309 e. The Hall–Kier alpha value is -4.57. The summed E-state index contributed by atoms with van der Waals surface area (Å²) in [7, 11) is -2.15. The first-order valence-corrected chi connectivity index (χ1v) is 17.6. The van der Waals surface area contributed by atoms with Crippen LogP contribution in [0.15, 0.2) is 164 Å². The Morgan fingerprint density at radius 2 is 0.690 bits per heavy atom. The van der Waals surface area contributed by atoms with E-state index in [0.717, 1.165) is 34.1 Å². The first kappa shape index (κ1) is 27.6. The van der Waals surface area contributed by atoms with E-state index in [-0.39, 0.29) is 0 Å². The minimum atomic E-state index is -2.15. The van der Waals surface area contributed by atoms with Crippen LogP contribution in [-0.2, 0) is 0 Å². The number of halogens is 1. The molecule has 6 rings (SSSR count). The quantitative estimate of drug-likeness (QED) is 0.165. The Balaban J connectivity index is 1.67. The van der Waals surface area contributed by atoms with E-state index in [0.29, 0.717) is 5.02 Å². The SMILES string of the molecule is C[Si](C)(c1ccccc1)c1cc(N(c2ccccc2)c2ccccc2)c(Cl)c(N(c2ccccc2)c2ccccc2)c1. The normalized spacial score (nSPS) is 11.2. The van der Waals surface area contributed by atoms with E-state index in [1.165, 1.54) is 10.4 Å². The fourth-order valence-electron chi connectivity index (χ4n) is 5.46. The fourth-order valence-corrected chi connectivity index (χ4v) is 8.10. The summed E-state index contributed by atoms with van der Waals surface area (Å²) in [6, 6.07) is 57.5. The maximum Gasteiger partial charge on any atom is 0.112 e. The third-order valence-corrected chi connectivity index (χ3v) is 11.7. The standard InChI is InChI=1S/C38H33ClN2Si/c1-42(2,34-26-16-7-17-27-34)35-28-36(40(30-18-8-3-9-19-30)31-20-10-4-11-21-31)38(39)37(29-35)41(32-22-12-5-13-23-32)33-24-14-6-15-25-33/h3-29H,1-2H3. The van der Waals surface area contributed by atoms with Crippen LogP contribution in [0.5, 0.6) is 0 Å². The van der Waals surface area contributed by atoms with E-state index < -0.39 is 8.07 Å². The lowest BCUT2D eigenvalue weighted by Crippen LogP contribution is -2.53. The van der Waals surface area contributed by atoms with Gasteiger partial charge in [-0.1, -0.05) is 138 Å². The zero-order chi connectivity index (χ0) is 28.9. The summed E-state index contributed by atoms with van der Waals surface area (Å²) in [5, 5.41) is 3.37. The smallest absolute Gasteiger partial charge is 0.112 e. The Morgan fingerprint density at radius 3 is 1.00 bits per heavy atom. The van der Waals surface area contributed by atoms with E-state index in [1.54, 1.807) is 0 Å². The van der Waals surface area contributed by atoms with Gasteiger partial charge in [-0.15, -0.1) is 0 Å². The number of anilines is 6. The van der Waals surface area contributed by atoms with Gasteiger partial charge >= 0.3 is 0 Å². The van der Waals surface area contributed by atoms with Crippen molar-refractivity contribution in [3.63, 3.8) is 0 Å². The molecule has 0 aliphatic heterocycles. The van der Waals surface area contributed by atoms with E-state index in [9.17, 15) is 0 Å². The third kappa shape index (κ3) is 5.49. The number of nitrogens with zero attached hydrogens (tertiary/aromatic N) is 2. The van der Waals surface area contributed by atoms with Crippen molar-refractivity contribution in [3.05, 3.63) is 169 Å². The second kappa shape index (κ2) is 12.1. The van der Waals surface area contributed by atoms with Crippen LogP contribution in [0.4, 0.5) is 34.1 Å². The highest BCUT2D eigenvalue weighted by molar-refractivity contribution is 7.00. The van der Waals surface area contributed by atoms with Gasteiger partial charge in [-0.2, -0.15) is 0 Å². The average Bonchev–Trinajstić information content (AvgIpc) is 3.05. The van der Waals surface area contributed by atoms with Gasteiger partial charge in [0.1, 0.15) is 8.07 Å². The zero-order valence-electron chi connectivity index (χ0n) is 23.9. The van der Waals surface area contributed by atoms with Gasteiger partial charge in [0.05, 0.1) is 16.4 Å². The maximum atomic E-state index is 7.60. The van der Waals surface area contributed by atoms with Crippen LogP contribution in [0.25, 0.3) is 0 Å². The number of benzene rings is 6. The van der Waals surface area contributed by atoms with Crippen molar-refractivity contribution in [1.29, 1.82) is 0 Å². The predicted molar refractivity (Wildman–Crippen MR) is 184 cm³/mol. The molecule has 42 heavy (non-hydrogen) atoms. The van der Waals surface area contributed by atoms with Crippen LogP contribution in [-0.4, -0.2) is 8.07 Å². The zero-order valence-corrected chi connectivity index (χ0v) is 25.6. The molecule has 0 amide bonds. The fraction of sp³-hybridized carbons (Fsp3) is 0.0526. The highest BCUT2D eigenvalue weighted by Crippen LogP contribution is 2.46. The number of para-hydroxylation sites is 4. The molecule has 6 aromatic rings. The van der Waals surface area contributed by atoms with Gasteiger partial charge in [-0.3, -0.25) is 0 Å². The molecule has 4 heteroatoms. The Morgan fingerprint density at radius 1 is 0.405 bits per heavy atom. The maximum absolute atomic E-state index is 7.60.